The highest BCUT2D eigenvalue weighted by Gasteiger charge is 2.43. The molecule has 3 rings (SSSR count). The second kappa shape index (κ2) is 5.43. The van der Waals surface area contributed by atoms with Gasteiger partial charge in [0.05, 0.1) is 12.7 Å². The number of nitrogens with one attached hydrogen (secondary N) is 1. The van der Waals surface area contributed by atoms with E-state index in [0.717, 1.165) is 5.92 Å². The van der Waals surface area contributed by atoms with Gasteiger partial charge in [-0.3, -0.25) is 10.1 Å². The zero-order chi connectivity index (χ0) is 13.4. The van der Waals surface area contributed by atoms with Gasteiger partial charge < -0.3 is 4.90 Å². The molecule has 2 saturated carbocycles. The van der Waals surface area contributed by atoms with Crippen molar-refractivity contribution in [1.82, 2.24) is 10.2 Å². The van der Waals surface area contributed by atoms with Gasteiger partial charge in [-0.25, -0.2) is 0 Å². The molecule has 3 nitrogen and oxygen atoms in total. The summed E-state index contributed by atoms with van der Waals surface area (Å²) in [6.07, 6.45) is 9.43. The fourth-order valence-corrected chi connectivity index (χ4v) is 4.66. The van der Waals surface area contributed by atoms with Gasteiger partial charge in [0, 0.05) is 6.04 Å². The van der Waals surface area contributed by atoms with Crippen LogP contribution < -0.4 is 5.32 Å². The highest BCUT2D eigenvalue weighted by atomic mass is 16.2. The predicted octanol–water partition coefficient (Wildman–Crippen LogP) is 2.76. The van der Waals surface area contributed by atoms with Crippen molar-refractivity contribution < 1.29 is 4.79 Å². The molecule has 2 aliphatic carbocycles. The van der Waals surface area contributed by atoms with Crippen LogP contribution in [0.4, 0.5) is 0 Å². The average Bonchev–Trinajstić information content (AvgIpc) is 2.99. The van der Waals surface area contributed by atoms with E-state index in [4.69, 9.17) is 0 Å². The molecule has 19 heavy (non-hydrogen) atoms. The summed E-state index contributed by atoms with van der Waals surface area (Å²) in [6, 6.07) is 0.490. The Labute approximate surface area is 117 Å². The third kappa shape index (κ3) is 2.54. The minimum Gasteiger partial charge on any atom is -0.323 e. The Balaban J connectivity index is 1.74. The summed E-state index contributed by atoms with van der Waals surface area (Å²) in [4.78, 5) is 14.6. The third-order valence-corrected chi connectivity index (χ3v) is 5.64. The van der Waals surface area contributed by atoms with Gasteiger partial charge in [-0.05, 0) is 49.9 Å². The lowest BCUT2D eigenvalue weighted by Gasteiger charge is -2.42. The maximum atomic E-state index is 12.3. The first-order valence-corrected chi connectivity index (χ1v) is 8.21. The summed E-state index contributed by atoms with van der Waals surface area (Å²) in [6.45, 7) is 5.27. The molecule has 4 atom stereocenters. The first-order chi connectivity index (χ1) is 9.16. The van der Waals surface area contributed by atoms with Crippen LogP contribution in [0.15, 0.2) is 0 Å². The van der Waals surface area contributed by atoms with Crippen LogP contribution in [0.5, 0.6) is 0 Å². The lowest BCUT2D eigenvalue weighted by molar-refractivity contribution is -0.133. The Kier molecular flexibility index (Phi) is 3.84. The first kappa shape index (κ1) is 13.4. The zero-order valence-corrected chi connectivity index (χ0v) is 12.4. The van der Waals surface area contributed by atoms with Gasteiger partial charge >= 0.3 is 0 Å². The number of amides is 1. The quantitative estimate of drug-likeness (QED) is 0.832. The summed E-state index contributed by atoms with van der Waals surface area (Å²) in [5.74, 6) is 2.56. The Morgan fingerprint density at radius 2 is 1.84 bits per heavy atom. The van der Waals surface area contributed by atoms with Gasteiger partial charge in [0.1, 0.15) is 0 Å². The maximum Gasteiger partial charge on any atom is 0.238 e. The Hall–Kier alpha value is -0.570. The number of nitrogens with zero attached hydrogens (tertiary/aromatic N) is 1. The molecule has 0 bridgehead atoms. The van der Waals surface area contributed by atoms with Crippen molar-refractivity contribution >= 4 is 5.91 Å². The largest absolute Gasteiger partial charge is 0.323 e. The zero-order valence-electron chi connectivity index (χ0n) is 12.4. The molecule has 1 saturated heterocycles. The smallest absolute Gasteiger partial charge is 0.238 e. The van der Waals surface area contributed by atoms with Crippen molar-refractivity contribution in [2.75, 3.05) is 6.54 Å². The Bertz CT molecular complexity index is 338. The van der Waals surface area contributed by atoms with E-state index in [1.54, 1.807) is 0 Å². The topological polar surface area (TPSA) is 32.3 Å². The van der Waals surface area contributed by atoms with E-state index in [-0.39, 0.29) is 0 Å². The fraction of sp³-hybridized carbons (Fsp3) is 0.938. The van der Waals surface area contributed by atoms with Crippen molar-refractivity contribution in [3.8, 4) is 0 Å². The molecule has 0 aromatic carbocycles. The summed E-state index contributed by atoms with van der Waals surface area (Å²) < 4.78 is 0. The first-order valence-electron chi connectivity index (χ1n) is 8.21. The number of rotatable bonds is 2. The molecule has 0 aromatic heterocycles. The maximum absolute atomic E-state index is 12.3. The molecule has 0 aromatic rings. The van der Waals surface area contributed by atoms with Gasteiger partial charge in [0.15, 0.2) is 0 Å². The molecule has 1 heterocycles. The van der Waals surface area contributed by atoms with Gasteiger partial charge in [-0.15, -0.1) is 0 Å². The van der Waals surface area contributed by atoms with Crippen molar-refractivity contribution in [2.24, 2.45) is 17.8 Å². The van der Waals surface area contributed by atoms with Crippen LogP contribution in [-0.2, 0) is 4.79 Å². The number of carbonyl (C=O) groups excluding carboxylic acids is 1. The van der Waals surface area contributed by atoms with Crippen LogP contribution in [0.25, 0.3) is 0 Å². The molecule has 108 valence electrons. The molecule has 3 aliphatic rings. The Morgan fingerprint density at radius 3 is 2.53 bits per heavy atom. The minimum atomic E-state index is 0.343. The number of hydrogen-bond donors (Lipinski definition) is 1. The van der Waals surface area contributed by atoms with Crippen LogP contribution in [0, 0.1) is 17.8 Å². The lowest BCUT2D eigenvalue weighted by Crippen LogP contribution is -2.51. The second-order valence-corrected chi connectivity index (χ2v) is 7.13. The van der Waals surface area contributed by atoms with E-state index in [2.05, 4.69) is 24.1 Å². The number of hydrogen-bond acceptors (Lipinski definition) is 2. The minimum absolute atomic E-state index is 0.343. The van der Waals surface area contributed by atoms with Gasteiger partial charge in [0.25, 0.3) is 0 Å². The standard InChI is InChI=1S/C16H28N2O/c1-11-7-8-14(12(2)9-11)18-15(19)10-17-16(18)13-5-3-4-6-13/h11-14,16-17H,3-10H2,1-2H3. The van der Waals surface area contributed by atoms with Crippen molar-refractivity contribution in [3.05, 3.63) is 0 Å². The summed E-state index contributed by atoms with van der Waals surface area (Å²) in [5, 5.41) is 3.50. The molecule has 3 heteroatoms. The van der Waals surface area contributed by atoms with E-state index >= 15 is 0 Å². The van der Waals surface area contributed by atoms with Gasteiger partial charge in [-0.2, -0.15) is 0 Å². The Morgan fingerprint density at radius 1 is 1.11 bits per heavy atom. The summed E-state index contributed by atoms with van der Waals surface area (Å²) in [5.41, 5.74) is 0. The molecule has 3 fully saturated rings. The van der Waals surface area contributed by atoms with E-state index in [1.807, 2.05) is 0 Å². The normalized spacial score (nSPS) is 41.2. The molecule has 0 spiro atoms. The van der Waals surface area contributed by atoms with Crippen LogP contribution >= 0.6 is 0 Å². The predicted molar refractivity (Wildman–Crippen MR) is 76.6 cm³/mol. The van der Waals surface area contributed by atoms with Gasteiger partial charge in [0.2, 0.25) is 5.91 Å². The van der Waals surface area contributed by atoms with Crippen LogP contribution in [-0.4, -0.2) is 29.6 Å². The molecule has 1 amide bonds. The van der Waals surface area contributed by atoms with E-state index < -0.39 is 0 Å². The second-order valence-electron chi connectivity index (χ2n) is 7.13. The monoisotopic (exact) mass is 264 g/mol. The highest BCUT2D eigenvalue weighted by molar-refractivity contribution is 5.81. The van der Waals surface area contributed by atoms with Crippen LogP contribution in [0.3, 0.4) is 0 Å². The van der Waals surface area contributed by atoms with Gasteiger partial charge in [-0.1, -0.05) is 26.7 Å². The van der Waals surface area contributed by atoms with Crippen molar-refractivity contribution in [3.63, 3.8) is 0 Å². The fourth-order valence-electron chi connectivity index (χ4n) is 4.66. The molecule has 1 aliphatic heterocycles. The van der Waals surface area contributed by atoms with Crippen molar-refractivity contribution in [2.45, 2.75) is 71.0 Å². The lowest BCUT2D eigenvalue weighted by atomic mass is 9.78. The third-order valence-electron chi connectivity index (χ3n) is 5.64. The number of carbonyl (C=O) groups is 1. The summed E-state index contributed by atoms with van der Waals surface area (Å²) in [7, 11) is 0. The highest BCUT2D eigenvalue weighted by Crippen LogP contribution is 2.37. The molecule has 0 radical (unpaired) electrons. The van der Waals surface area contributed by atoms with Crippen molar-refractivity contribution in [1.29, 1.82) is 0 Å². The average molecular weight is 264 g/mol. The molecular formula is C16H28N2O. The SMILES string of the molecule is CC1CCC(N2C(=O)CNC2C2CCCC2)C(C)C1. The molecule has 1 N–H and O–H groups in total. The van der Waals surface area contributed by atoms with E-state index in [9.17, 15) is 4.79 Å². The van der Waals surface area contributed by atoms with E-state index in [0.29, 0.717) is 36.5 Å². The van der Waals surface area contributed by atoms with Crippen LogP contribution in [0.1, 0.15) is 58.8 Å². The van der Waals surface area contributed by atoms with E-state index in [1.165, 1.54) is 44.9 Å². The summed E-state index contributed by atoms with van der Waals surface area (Å²) >= 11 is 0. The molecular weight excluding hydrogens is 236 g/mol. The van der Waals surface area contributed by atoms with Crippen LogP contribution in [0.2, 0.25) is 0 Å². The molecule has 4 unspecified atom stereocenters.